The fourth-order valence-corrected chi connectivity index (χ4v) is 1.19. The van der Waals surface area contributed by atoms with Crippen molar-refractivity contribution in [3.05, 3.63) is 0 Å². The third kappa shape index (κ3) is 3.41. The fourth-order valence-electron chi connectivity index (χ4n) is 1.19. The van der Waals surface area contributed by atoms with Crippen LogP contribution in [0.1, 0.15) is 19.8 Å². The van der Waals surface area contributed by atoms with Crippen LogP contribution in [0.3, 0.4) is 0 Å². The molecule has 2 nitrogen and oxygen atoms in total. The third-order valence-corrected chi connectivity index (χ3v) is 1.82. The second-order valence-corrected chi connectivity index (χ2v) is 2.71. The molecule has 2 heteroatoms. The van der Waals surface area contributed by atoms with Crippen LogP contribution in [-0.2, 0) is 4.74 Å². The van der Waals surface area contributed by atoms with Crippen molar-refractivity contribution in [2.75, 3.05) is 19.7 Å². The average Bonchev–Trinajstić information content (AvgIpc) is 2.07. The van der Waals surface area contributed by atoms with E-state index in [4.69, 9.17) is 4.74 Å². The minimum absolute atomic E-state index is 0.393. The van der Waals surface area contributed by atoms with Gasteiger partial charge in [0.15, 0.2) is 0 Å². The summed E-state index contributed by atoms with van der Waals surface area (Å²) in [6, 6.07) is 0. The Morgan fingerprint density at radius 2 is 2.55 bits per heavy atom. The number of hydrogen-bond acceptors (Lipinski definition) is 2. The standard InChI is InChI=1S/C9H15NO/c1-2-3-7-11-9-5-4-6-10-8-9/h9-10H,4-8H2,1H3/t9-/m0/s1. The Kier molecular flexibility index (Phi) is 4.03. The van der Waals surface area contributed by atoms with Crippen LogP contribution in [0.25, 0.3) is 0 Å². The molecule has 62 valence electrons. The molecule has 0 spiro atoms. The maximum Gasteiger partial charge on any atom is 0.108 e. The van der Waals surface area contributed by atoms with Crippen molar-refractivity contribution < 1.29 is 4.74 Å². The van der Waals surface area contributed by atoms with Gasteiger partial charge < -0.3 is 10.1 Å². The van der Waals surface area contributed by atoms with Gasteiger partial charge in [-0.3, -0.25) is 0 Å². The molecule has 0 aliphatic carbocycles. The second-order valence-electron chi connectivity index (χ2n) is 2.71. The predicted octanol–water partition coefficient (Wildman–Crippen LogP) is 0.778. The zero-order valence-electron chi connectivity index (χ0n) is 7.02. The van der Waals surface area contributed by atoms with Crippen molar-refractivity contribution in [3.8, 4) is 11.8 Å². The van der Waals surface area contributed by atoms with Gasteiger partial charge in [-0.05, 0) is 26.3 Å². The van der Waals surface area contributed by atoms with Gasteiger partial charge in [0.1, 0.15) is 6.61 Å². The van der Waals surface area contributed by atoms with E-state index in [2.05, 4.69) is 17.2 Å². The highest BCUT2D eigenvalue weighted by Gasteiger charge is 2.11. The molecule has 1 aliphatic rings. The molecular weight excluding hydrogens is 138 g/mol. The number of ether oxygens (including phenoxy) is 1. The maximum atomic E-state index is 5.49. The molecule has 1 N–H and O–H groups in total. The number of hydrogen-bond donors (Lipinski definition) is 1. The SMILES string of the molecule is CC#CCO[C@H]1CCCNC1. The lowest BCUT2D eigenvalue weighted by Crippen LogP contribution is -2.35. The summed E-state index contributed by atoms with van der Waals surface area (Å²) in [5.41, 5.74) is 0. The second kappa shape index (κ2) is 5.17. The van der Waals surface area contributed by atoms with Crippen molar-refractivity contribution in [2.45, 2.75) is 25.9 Å². The highest BCUT2D eigenvalue weighted by molar-refractivity contribution is 4.95. The van der Waals surface area contributed by atoms with Gasteiger partial charge in [-0.2, -0.15) is 0 Å². The highest BCUT2D eigenvalue weighted by atomic mass is 16.5. The third-order valence-electron chi connectivity index (χ3n) is 1.82. The first-order chi connectivity index (χ1) is 5.43. The lowest BCUT2D eigenvalue weighted by Gasteiger charge is -2.21. The van der Waals surface area contributed by atoms with E-state index in [1.807, 2.05) is 6.92 Å². The molecule has 0 bridgehead atoms. The van der Waals surface area contributed by atoms with Crippen LogP contribution in [0.5, 0.6) is 0 Å². The predicted molar refractivity (Wildman–Crippen MR) is 45.3 cm³/mol. The zero-order chi connectivity index (χ0) is 7.94. The van der Waals surface area contributed by atoms with Crippen molar-refractivity contribution in [2.24, 2.45) is 0 Å². The largest absolute Gasteiger partial charge is 0.364 e. The van der Waals surface area contributed by atoms with E-state index in [0.29, 0.717) is 12.7 Å². The Labute approximate surface area is 68.3 Å². The molecule has 0 amide bonds. The van der Waals surface area contributed by atoms with Gasteiger partial charge in [0.25, 0.3) is 0 Å². The summed E-state index contributed by atoms with van der Waals surface area (Å²) in [6.45, 7) is 4.55. The number of rotatable bonds is 2. The molecule has 0 aromatic rings. The Balaban J connectivity index is 2.08. The molecular formula is C9H15NO. The molecule has 11 heavy (non-hydrogen) atoms. The summed E-state index contributed by atoms with van der Waals surface area (Å²) < 4.78 is 5.49. The molecule has 1 fully saturated rings. The van der Waals surface area contributed by atoms with Crippen LogP contribution in [0, 0.1) is 11.8 Å². The van der Waals surface area contributed by atoms with Crippen LogP contribution < -0.4 is 5.32 Å². The molecule has 0 unspecified atom stereocenters. The summed E-state index contributed by atoms with van der Waals surface area (Å²) in [7, 11) is 0. The lowest BCUT2D eigenvalue weighted by molar-refractivity contribution is 0.0591. The average molecular weight is 153 g/mol. The molecule has 0 aromatic heterocycles. The van der Waals surface area contributed by atoms with Crippen molar-refractivity contribution in [1.82, 2.24) is 5.32 Å². The van der Waals surface area contributed by atoms with Gasteiger partial charge in [0, 0.05) is 6.54 Å². The Morgan fingerprint density at radius 1 is 1.64 bits per heavy atom. The first-order valence-electron chi connectivity index (χ1n) is 4.15. The normalized spacial score (nSPS) is 23.9. The van der Waals surface area contributed by atoms with Crippen LogP contribution in [0.15, 0.2) is 0 Å². The van der Waals surface area contributed by atoms with Gasteiger partial charge in [-0.15, -0.1) is 5.92 Å². The Morgan fingerprint density at radius 3 is 3.18 bits per heavy atom. The molecule has 1 heterocycles. The lowest BCUT2D eigenvalue weighted by atomic mass is 10.1. The van der Waals surface area contributed by atoms with Crippen molar-refractivity contribution in [1.29, 1.82) is 0 Å². The van der Waals surface area contributed by atoms with Crippen molar-refractivity contribution >= 4 is 0 Å². The number of nitrogens with one attached hydrogen (secondary N) is 1. The van der Waals surface area contributed by atoms with Crippen LogP contribution in [0.2, 0.25) is 0 Å². The summed E-state index contributed by atoms with van der Waals surface area (Å²) in [5.74, 6) is 5.71. The molecule has 0 radical (unpaired) electrons. The first kappa shape index (κ1) is 8.58. The summed E-state index contributed by atoms with van der Waals surface area (Å²) >= 11 is 0. The van der Waals surface area contributed by atoms with E-state index < -0.39 is 0 Å². The summed E-state index contributed by atoms with van der Waals surface area (Å²) in [5, 5.41) is 3.29. The fraction of sp³-hybridized carbons (Fsp3) is 0.778. The van der Waals surface area contributed by atoms with Crippen LogP contribution in [-0.4, -0.2) is 25.8 Å². The quantitative estimate of drug-likeness (QED) is 0.592. The minimum Gasteiger partial charge on any atom is -0.364 e. The van der Waals surface area contributed by atoms with Gasteiger partial charge in [-0.1, -0.05) is 5.92 Å². The first-order valence-corrected chi connectivity index (χ1v) is 4.15. The molecule has 0 saturated carbocycles. The Bertz CT molecular complexity index is 151. The van der Waals surface area contributed by atoms with E-state index in [1.165, 1.54) is 12.8 Å². The molecule has 1 saturated heterocycles. The molecule has 1 atom stereocenters. The van der Waals surface area contributed by atoms with E-state index in [9.17, 15) is 0 Å². The van der Waals surface area contributed by atoms with Gasteiger partial charge in [0.05, 0.1) is 6.10 Å². The van der Waals surface area contributed by atoms with Gasteiger partial charge in [0.2, 0.25) is 0 Å². The van der Waals surface area contributed by atoms with Crippen LogP contribution >= 0.6 is 0 Å². The topological polar surface area (TPSA) is 21.3 Å². The summed E-state index contributed by atoms with van der Waals surface area (Å²) in [4.78, 5) is 0. The smallest absolute Gasteiger partial charge is 0.108 e. The Hall–Kier alpha value is -0.520. The van der Waals surface area contributed by atoms with E-state index in [0.717, 1.165) is 13.1 Å². The molecule has 0 aromatic carbocycles. The van der Waals surface area contributed by atoms with Gasteiger partial charge in [-0.25, -0.2) is 0 Å². The maximum absolute atomic E-state index is 5.49. The molecule has 1 aliphatic heterocycles. The highest BCUT2D eigenvalue weighted by Crippen LogP contribution is 2.04. The van der Waals surface area contributed by atoms with E-state index >= 15 is 0 Å². The van der Waals surface area contributed by atoms with Crippen molar-refractivity contribution in [3.63, 3.8) is 0 Å². The van der Waals surface area contributed by atoms with E-state index in [-0.39, 0.29) is 0 Å². The zero-order valence-corrected chi connectivity index (χ0v) is 7.02. The minimum atomic E-state index is 0.393. The molecule has 1 rings (SSSR count). The van der Waals surface area contributed by atoms with E-state index in [1.54, 1.807) is 0 Å². The number of piperidine rings is 1. The van der Waals surface area contributed by atoms with Crippen LogP contribution in [0.4, 0.5) is 0 Å². The van der Waals surface area contributed by atoms with Gasteiger partial charge >= 0.3 is 0 Å². The summed E-state index contributed by atoms with van der Waals surface area (Å²) in [6.07, 6.45) is 2.80. The monoisotopic (exact) mass is 153 g/mol.